The molecule has 0 heterocycles. The molecule has 0 amide bonds. The first kappa shape index (κ1) is 13.9. The van der Waals surface area contributed by atoms with Gasteiger partial charge in [-0.15, -0.1) is 0 Å². The standard InChI is InChI=1S/C12H27NO/c1-5-12(11(2)3)13-9-7-6-8-10-14-4/h11-13H,5-10H2,1-4H3. The van der Waals surface area contributed by atoms with Crippen LogP contribution in [0.15, 0.2) is 0 Å². The van der Waals surface area contributed by atoms with Crippen molar-refractivity contribution in [1.29, 1.82) is 0 Å². The maximum absolute atomic E-state index is 5.01. The van der Waals surface area contributed by atoms with Crippen LogP contribution in [0.3, 0.4) is 0 Å². The Morgan fingerprint density at radius 1 is 1.14 bits per heavy atom. The van der Waals surface area contributed by atoms with Crippen LogP contribution >= 0.6 is 0 Å². The first-order valence-electron chi connectivity index (χ1n) is 5.94. The van der Waals surface area contributed by atoms with Gasteiger partial charge in [-0.2, -0.15) is 0 Å². The fourth-order valence-electron chi connectivity index (χ4n) is 1.69. The Morgan fingerprint density at radius 3 is 2.36 bits per heavy atom. The van der Waals surface area contributed by atoms with E-state index in [0.717, 1.165) is 19.1 Å². The number of nitrogens with one attached hydrogen (secondary N) is 1. The maximum Gasteiger partial charge on any atom is 0.0462 e. The quantitative estimate of drug-likeness (QED) is 0.579. The smallest absolute Gasteiger partial charge is 0.0462 e. The second-order valence-electron chi connectivity index (χ2n) is 4.27. The van der Waals surface area contributed by atoms with E-state index in [0.29, 0.717) is 6.04 Å². The lowest BCUT2D eigenvalue weighted by atomic mass is 10.0. The molecule has 2 heteroatoms. The third-order valence-corrected chi connectivity index (χ3v) is 2.68. The largest absolute Gasteiger partial charge is 0.385 e. The van der Waals surface area contributed by atoms with Gasteiger partial charge in [0, 0.05) is 19.8 Å². The van der Waals surface area contributed by atoms with Crippen molar-refractivity contribution in [1.82, 2.24) is 5.32 Å². The van der Waals surface area contributed by atoms with Crippen LogP contribution in [0.1, 0.15) is 46.5 Å². The van der Waals surface area contributed by atoms with Gasteiger partial charge in [0.2, 0.25) is 0 Å². The zero-order valence-corrected chi connectivity index (χ0v) is 10.3. The van der Waals surface area contributed by atoms with E-state index in [9.17, 15) is 0 Å². The molecular weight excluding hydrogens is 174 g/mol. The van der Waals surface area contributed by atoms with Gasteiger partial charge in [-0.05, 0) is 38.1 Å². The summed E-state index contributed by atoms with van der Waals surface area (Å²) in [6.45, 7) is 8.88. The normalized spacial score (nSPS) is 13.5. The van der Waals surface area contributed by atoms with Crippen molar-refractivity contribution in [2.24, 2.45) is 5.92 Å². The second kappa shape index (κ2) is 9.47. The Bertz CT molecular complexity index is 115. The Kier molecular flexibility index (Phi) is 9.42. The third kappa shape index (κ3) is 7.34. The molecular formula is C12H27NO. The summed E-state index contributed by atoms with van der Waals surface area (Å²) in [6, 6.07) is 0.692. The fourth-order valence-corrected chi connectivity index (χ4v) is 1.69. The van der Waals surface area contributed by atoms with E-state index in [2.05, 4.69) is 26.1 Å². The molecule has 0 aliphatic rings. The monoisotopic (exact) mass is 201 g/mol. The van der Waals surface area contributed by atoms with Gasteiger partial charge in [0.15, 0.2) is 0 Å². The van der Waals surface area contributed by atoms with E-state index in [-0.39, 0.29) is 0 Å². The van der Waals surface area contributed by atoms with Crippen LogP contribution in [-0.4, -0.2) is 26.3 Å². The SMILES string of the molecule is CCC(NCCCCCOC)C(C)C. The third-order valence-electron chi connectivity index (χ3n) is 2.68. The first-order valence-corrected chi connectivity index (χ1v) is 5.94. The highest BCUT2D eigenvalue weighted by Gasteiger charge is 2.08. The molecule has 86 valence electrons. The van der Waals surface area contributed by atoms with Crippen LogP contribution in [0.4, 0.5) is 0 Å². The van der Waals surface area contributed by atoms with E-state index in [1.165, 1.54) is 25.7 Å². The van der Waals surface area contributed by atoms with Gasteiger partial charge in [-0.25, -0.2) is 0 Å². The van der Waals surface area contributed by atoms with Gasteiger partial charge in [-0.3, -0.25) is 0 Å². The average molecular weight is 201 g/mol. The van der Waals surface area contributed by atoms with E-state index in [1.54, 1.807) is 7.11 Å². The molecule has 0 rings (SSSR count). The molecule has 1 N–H and O–H groups in total. The second-order valence-corrected chi connectivity index (χ2v) is 4.27. The van der Waals surface area contributed by atoms with Crippen molar-refractivity contribution in [3.05, 3.63) is 0 Å². The lowest BCUT2D eigenvalue weighted by Gasteiger charge is -2.20. The number of unbranched alkanes of at least 4 members (excludes halogenated alkanes) is 2. The Morgan fingerprint density at radius 2 is 1.86 bits per heavy atom. The Labute approximate surface area is 89.4 Å². The van der Waals surface area contributed by atoms with Crippen molar-refractivity contribution < 1.29 is 4.74 Å². The Balaban J connectivity index is 3.25. The van der Waals surface area contributed by atoms with Crippen molar-refractivity contribution in [3.63, 3.8) is 0 Å². The fraction of sp³-hybridized carbons (Fsp3) is 1.00. The zero-order chi connectivity index (χ0) is 10.8. The number of ether oxygens (including phenoxy) is 1. The van der Waals surface area contributed by atoms with Gasteiger partial charge in [0.1, 0.15) is 0 Å². The van der Waals surface area contributed by atoms with Crippen LogP contribution in [0.25, 0.3) is 0 Å². The van der Waals surface area contributed by atoms with E-state index in [4.69, 9.17) is 4.74 Å². The van der Waals surface area contributed by atoms with Crippen LogP contribution in [0.2, 0.25) is 0 Å². The van der Waals surface area contributed by atoms with Gasteiger partial charge >= 0.3 is 0 Å². The highest BCUT2D eigenvalue weighted by Crippen LogP contribution is 2.05. The lowest BCUT2D eigenvalue weighted by molar-refractivity contribution is 0.192. The van der Waals surface area contributed by atoms with Crippen LogP contribution in [0.5, 0.6) is 0 Å². The van der Waals surface area contributed by atoms with Crippen molar-refractivity contribution in [2.45, 2.75) is 52.5 Å². The molecule has 0 saturated carbocycles. The van der Waals surface area contributed by atoms with Gasteiger partial charge in [-0.1, -0.05) is 20.8 Å². The van der Waals surface area contributed by atoms with Crippen LogP contribution < -0.4 is 5.32 Å². The van der Waals surface area contributed by atoms with Crippen LogP contribution in [-0.2, 0) is 4.74 Å². The minimum atomic E-state index is 0.692. The molecule has 0 aromatic carbocycles. The molecule has 14 heavy (non-hydrogen) atoms. The van der Waals surface area contributed by atoms with Crippen molar-refractivity contribution in [2.75, 3.05) is 20.3 Å². The summed E-state index contributed by atoms with van der Waals surface area (Å²) in [7, 11) is 1.77. The summed E-state index contributed by atoms with van der Waals surface area (Å²) in [5, 5.41) is 3.60. The van der Waals surface area contributed by atoms with E-state index < -0.39 is 0 Å². The predicted octanol–water partition coefficient (Wildman–Crippen LogP) is 2.83. The summed E-state index contributed by atoms with van der Waals surface area (Å²) >= 11 is 0. The summed E-state index contributed by atoms with van der Waals surface area (Å²) in [5.41, 5.74) is 0. The van der Waals surface area contributed by atoms with E-state index >= 15 is 0 Å². The number of hydrogen-bond donors (Lipinski definition) is 1. The first-order chi connectivity index (χ1) is 6.72. The molecule has 0 aliphatic carbocycles. The molecule has 1 unspecified atom stereocenters. The number of hydrogen-bond acceptors (Lipinski definition) is 2. The molecule has 0 spiro atoms. The summed E-state index contributed by atoms with van der Waals surface area (Å²) in [4.78, 5) is 0. The van der Waals surface area contributed by atoms with Crippen molar-refractivity contribution >= 4 is 0 Å². The minimum Gasteiger partial charge on any atom is -0.385 e. The highest BCUT2D eigenvalue weighted by molar-refractivity contribution is 4.67. The molecule has 0 fully saturated rings. The number of rotatable bonds is 9. The van der Waals surface area contributed by atoms with Crippen molar-refractivity contribution in [3.8, 4) is 0 Å². The molecule has 1 atom stereocenters. The minimum absolute atomic E-state index is 0.692. The van der Waals surface area contributed by atoms with Crippen LogP contribution in [0, 0.1) is 5.92 Å². The van der Waals surface area contributed by atoms with Gasteiger partial charge < -0.3 is 10.1 Å². The molecule has 0 radical (unpaired) electrons. The summed E-state index contributed by atoms with van der Waals surface area (Å²) in [5.74, 6) is 0.749. The summed E-state index contributed by atoms with van der Waals surface area (Å²) < 4.78 is 5.01. The highest BCUT2D eigenvalue weighted by atomic mass is 16.5. The molecule has 0 saturated heterocycles. The topological polar surface area (TPSA) is 21.3 Å². The molecule has 2 nitrogen and oxygen atoms in total. The summed E-state index contributed by atoms with van der Waals surface area (Å²) in [6.07, 6.45) is 4.97. The van der Waals surface area contributed by atoms with E-state index in [1.807, 2.05) is 0 Å². The average Bonchev–Trinajstić information content (AvgIpc) is 2.16. The molecule has 0 aromatic heterocycles. The van der Waals surface area contributed by atoms with Gasteiger partial charge in [0.25, 0.3) is 0 Å². The maximum atomic E-state index is 5.01. The van der Waals surface area contributed by atoms with Gasteiger partial charge in [0.05, 0.1) is 0 Å². The number of methoxy groups -OCH3 is 1. The Hall–Kier alpha value is -0.0800. The molecule has 0 aliphatic heterocycles. The lowest BCUT2D eigenvalue weighted by Crippen LogP contribution is -2.33. The predicted molar refractivity (Wildman–Crippen MR) is 62.6 cm³/mol. The zero-order valence-electron chi connectivity index (χ0n) is 10.3. The molecule has 0 bridgehead atoms. The molecule has 0 aromatic rings.